The Morgan fingerprint density at radius 3 is 0.776 bits per heavy atom. The molecule has 1 atom stereocenters. The van der Waals surface area contributed by atoms with Crippen LogP contribution in [-0.4, -0.2) is 37.2 Å². The molecule has 0 aromatic rings. The molecule has 0 aromatic carbocycles. The minimum Gasteiger partial charge on any atom is -0.462 e. The lowest BCUT2D eigenvalue weighted by Gasteiger charge is -2.18. The molecule has 0 saturated heterocycles. The minimum absolute atomic E-state index is 0.0705. The van der Waals surface area contributed by atoms with Crippen LogP contribution in [0.15, 0.2) is 36.5 Å². The third-order valence-electron chi connectivity index (χ3n) is 15.4. The molecule has 6 nitrogen and oxygen atoms in total. The number of unbranched alkanes of at least 4 members (excludes halogenated alkanes) is 46. The highest BCUT2D eigenvalue weighted by Crippen LogP contribution is 2.18. The van der Waals surface area contributed by atoms with Gasteiger partial charge in [0, 0.05) is 19.3 Å². The normalized spacial score (nSPS) is 12.2. The van der Waals surface area contributed by atoms with Gasteiger partial charge in [0.05, 0.1) is 0 Å². The molecule has 0 rings (SSSR count). The molecule has 0 bridgehead atoms. The van der Waals surface area contributed by atoms with Crippen LogP contribution in [0.5, 0.6) is 0 Å². The zero-order valence-corrected chi connectivity index (χ0v) is 51.3. The fourth-order valence-electron chi connectivity index (χ4n) is 10.2. The highest BCUT2D eigenvalue weighted by molar-refractivity contribution is 5.71. The fraction of sp³-hybridized carbons (Fsp3) is 0.871. The molecule has 1 unspecified atom stereocenters. The van der Waals surface area contributed by atoms with Crippen LogP contribution in [-0.2, 0) is 28.6 Å². The number of allylic oxidation sites excluding steroid dienone is 6. The van der Waals surface area contributed by atoms with E-state index in [2.05, 4.69) is 57.2 Å². The summed E-state index contributed by atoms with van der Waals surface area (Å²) in [6, 6.07) is 0. The van der Waals surface area contributed by atoms with Crippen LogP contribution in [0.1, 0.15) is 374 Å². The lowest BCUT2D eigenvalue weighted by Crippen LogP contribution is -2.30. The van der Waals surface area contributed by atoms with Crippen molar-refractivity contribution >= 4 is 17.9 Å². The summed E-state index contributed by atoms with van der Waals surface area (Å²) in [4.78, 5) is 38.3. The largest absolute Gasteiger partial charge is 0.462 e. The predicted molar refractivity (Wildman–Crippen MR) is 330 cm³/mol. The number of rotatable bonds is 63. The van der Waals surface area contributed by atoms with E-state index in [1.165, 1.54) is 263 Å². The molecule has 0 radical (unpaired) electrons. The summed E-state index contributed by atoms with van der Waals surface area (Å²) in [6.45, 7) is 6.65. The Bertz CT molecular complexity index is 1270. The molecule has 0 saturated carbocycles. The van der Waals surface area contributed by atoms with E-state index in [0.717, 1.165) is 70.6 Å². The van der Waals surface area contributed by atoms with E-state index in [1.807, 2.05) is 0 Å². The maximum absolute atomic E-state index is 12.9. The Morgan fingerprint density at radius 1 is 0.263 bits per heavy atom. The molecular formula is C70H130O6. The Morgan fingerprint density at radius 2 is 0.487 bits per heavy atom. The average Bonchev–Trinajstić information content (AvgIpc) is 3.42. The summed E-state index contributed by atoms with van der Waals surface area (Å²) < 4.78 is 16.9. The van der Waals surface area contributed by atoms with Crippen molar-refractivity contribution < 1.29 is 28.6 Å². The summed E-state index contributed by atoms with van der Waals surface area (Å²) in [6.07, 6.45) is 80.3. The van der Waals surface area contributed by atoms with Gasteiger partial charge in [-0.3, -0.25) is 14.4 Å². The molecule has 0 aliphatic heterocycles. The van der Waals surface area contributed by atoms with Gasteiger partial charge in [0.1, 0.15) is 13.2 Å². The number of ether oxygens (including phenoxy) is 3. The Balaban J connectivity index is 4.19. The molecule has 0 N–H and O–H groups in total. The first kappa shape index (κ1) is 73.6. The Labute approximate surface area is 474 Å². The van der Waals surface area contributed by atoms with E-state index in [-0.39, 0.29) is 31.1 Å². The lowest BCUT2D eigenvalue weighted by molar-refractivity contribution is -0.167. The first-order valence-electron chi connectivity index (χ1n) is 34.0. The van der Waals surface area contributed by atoms with E-state index in [4.69, 9.17) is 14.2 Å². The summed E-state index contributed by atoms with van der Waals surface area (Å²) in [5.74, 6) is -0.856. The Kier molecular flexibility index (Phi) is 63.1. The van der Waals surface area contributed by atoms with Gasteiger partial charge in [-0.15, -0.1) is 0 Å². The van der Waals surface area contributed by atoms with E-state index in [0.29, 0.717) is 19.3 Å². The SMILES string of the molecule is CCCC/C=C\CCCCCCCC(=O)OCC(COC(=O)CCCCCCCCCCCCCCC/C=C\C/C=C\CCCCCCC)OC(=O)CCCCCCCCCCCCCCCCCCCCCCCC. The van der Waals surface area contributed by atoms with Gasteiger partial charge in [0.15, 0.2) is 6.10 Å². The average molecular weight is 1070 g/mol. The van der Waals surface area contributed by atoms with Crippen LogP contribution in [0.25, 0.3) is 0 Å². The second-order valence-corrected chi connectivity index (χ2v) is 23.1. The van der Waals surface area contributed by atoms with Gasteiger partial charge in [0.2, 0.25) is 0 Å². The quantitative estimate of drug-likeness (QED) is 0.0261. The molecule has 76 heavy (non-hydrogen) atoms. The van der Waals surface area contributed by atoms with Crippen molar-refractivity contribution in [2.75, 3.05) is 13.2 Å². The fourth-order valence-corrected chi connectivity index (χ4v) is 10.2. The summed E-state index contributed by atoms with van der Waals surface area (Å²) in [5, 5.41) is 0. The van der Waals surface area contributed by atoms with Crippen molar-refractivity contribution in [2.45, 2.75) is 380 Å². The molecule has 0 heterocycles. The number of esters is 3. The van der Waals surface area contributed by atoms with Gasteiger partial charge in [-0.1, -0.05) is 320 Å². The monoisotopic (exact) mass is 1070 g/mol. The van der Waals surface area contributed by atoms with E-state index >= 15 is 0 Å². The molecule has 0 spiro atoms. The van der Waals surface area contributed by atoms with Gasteiger partial charge in [-0.2, -0.15) is 0 Å². The lowest BCUT2D eigenvalue weighted by atomic mass is 10.0. The predicted octanol–water partition coefficient (Wildman–Crippen LogP) is 23.2. The first-order valence-corrected chi connectivity index (χ1v) is 34.0. The van der Waals surface area contributed by atoms with Crippen LogP contribution in [0.2, 0.25) is 0 Å². The van der Waals surface area contributed by atoms with Crippen LogP contribution in [0.4, 0.5) is 0 Å². The van der Waals surface area contributed by atoms with Gasteiger partial charge in [0.25, 0.3) is 0 Å². The van der Waals surface area contributed by atoms with E-state index in [1.54, 1.807) is 0 Å². The van der Waals surface area contributed by atoms with E-state index < -0.39 is 6.10 Å². The number of carbonyl (C=O) groups excluding carboxylic acids is 3. The van der Waals surface area contributed by atoms with Gasteiger partial charge in [-0.05, 0) is 70.6 Å². The standard InChI is InChI=1S/C70H130O6/c1-4-7-10-13-16-19-22-24-26-28-30-32-34-35-36-38-39-41-43-45-48-51-54-57-60-63-69(72)75-66-67(65-74-68(71)62-59-56-53-50-47-21-18-15-12-9-6-3)76-70(73)64-61-58-55-52-49-46-44-42-40-37-33-31-29-27-25-23-20-17-14-11-8-5-2/h15,18,22,24,28,30,67H,4-14,16-17,19-21,23,25-27,29,31-66H2,1-3H3/b18-15-,24-22-,30-28-. The Hall–Kier alpha value is -2.37. The molecule has 0 aliphatic carbocycles. The smallest absolute Gasteiger partial charge is 0.306 e. The van der Waals surface area contributed by atoms with Crippen molar-refractivity contribution in [3.8, 4) is 0 Å². The maximum atomic E-state index is 12.9. The van der Waals surface area contributed by atoms with Crippen molar-refractivity contribution in [1.29, 1.82) is 0 Å². The number of hydrogen-bond acceptors (Lipinski definition) is 6. The van der Waals surface area contributed by atoms with Gasteiger partial charge < -0.3 is 14.2 Å². The summed E-state index contributed by atoms with van der Waals surface area (Å²) in [5.41, 5.74) is 0. The van der Waals surface area contributed by atoms with Crippen molar-refractivity contribution in [1.82, 2.24) is 0 Å². The summed E-state index contributed by atoms with van der Waals surface area (Å²) >= 11 is 0. The summed E-state index contributed by atoms with van der Waals surface area (Å²) in [7, 11) is 0. The van der Waals surface area contributed by atoms with Crippen LogP contribution in [0, 0.1) is 0 Å². The zero-order valence-electron chi connectivity index (χ0n) is 51.3. The topological polar surface area (TPSA) is 78.9 Å². The first-order chi connectivity index (χ1) is 37.5. The second-order valence-electron chi connectivity index (χ2n) is 23.1. The highest BCUT2D eigenvalue weighted by atomic mass is 16.6. The van der Waals surface area contributed by atoms with E-state index in [9.17, 15) is 14.4 Å². The van der Waals surface area contributed by atoms with Crippen molar-refractivity contribution in [3.63, 3.8) is 0 Å². The minimum atomic E-state index is -0.773. The van der Waals surface area contributed by atoms with Gasteiger partial charge in [-0.25, -0.2) is 0 Å². The van der Waals surface area contributed by atoms with Crippen LogP contribution < -0.4 is 0 Å². The molecule has 0 aromatic heterocycles. The third kappa shape index (κ3) is 62.5. The van der Waals surface area contributed by atoms with Crippen molar-refractivity contribution in [2.24, 2.45) is 0 Å². The highest BCUT2D eigenvalue weighted by Gasteiger charge is 2.19. The molecule has 0 fully saturated rings. The molecule has 0 aliphatic rings. The third-order valence-corrected chi connectivity index (χ3v) is 15.4. The van der Waals surface area contributed by atoms with Gasteiger partial charge >= 0.3 is 17.9 Å². The zero-order chi connectivity index (χ0) is 55.0. The number of carbonyl (C=O) groups is 3. The van der Waals surface area contributed by atoms with Crippen LogP contribution >= 0.6 is 0 Å². The second kappa shape index (κ2) is 65.2. The molecular weight excluding hydrogens is 937 g/mol. The molecule has 0 amide bonds. The number of hydrogen-bond donors (Lipinski definition) is 0. The van der Waals surface area contributed by atoms with Crippen LogP contribution in [0.3, 0.4) is 0 Å². The maximum Gasteiger partial charge on any atom is 0.306 e. The van der Waals surface area contributed by atoms with Crippen molar-refractivity contribution in [3.05, 3.63) is 36.5 Å². The molecule has 446 valence electrons. The molecule has 6 heteroatoms.